The molecule has 158 valence electrons. The minimum Gasteiger partial charge on any atom is -0.497 e. The molecule has 32 heavy (non-hydrogen) atoms. The van der Waals surface area contributed by atoms with E-state index < -0.39 is 0 Å². The van der Waals surface area contributed by atoms with Gasteiger partial charge in [-0.3, -0.25) is 9.97 Å². The van der Waals surface area contributed by atoms with Crippen LogP contribution in [0.3, 0.4) is 0 Å². The smallest absolute Gasteiger partial charge is 0.119 e. The monoisotopic (exact) mass is 420 g/mol. The maximum Gasteiger partial charge on any atom is 0.119 e. The lowest BCUT2D eigenvalue weighted by Crippen LogP contribution is -1.90. The van der Waals surface area contributed by atoms with Crippen molar-refractivity contribution >= 4 is 24.3 Å². The standard InChI is InChI=1S/C28H24N2O2/c1-31-25-7-3-5-21(17-25)9-11-23-13-15-29-19-27(23)28-20-30-16-14-24(28)12-10-22-6-4-8-26(18-22)32-2/h3-20H,1-2H3/b11-9+,12-10+. The Morgan fingerprint density at radius 3 is 1.50 bits per heavy atom. The molecule has 0 aliphatic carbocycles. The predicted octanol–water partition coefficient (Wildman–Crippen LogP) is 6.50. The number of aromatic nitrogens is 2. The third-order valence-corrected chi connectivity index (χ3v) is 5.10. The number of hydrogen-bond acceptors (Lipinski definition) is 4. The molecule has 0 amide bonds. The number of methoxy groups -OCH3 is 2. The molecular weight excluding hydrogens is 396 g/mol. The summed E-state index contributed by atoms with van der Waals surface area (Å²) in [5.74, 6) is 1.67. The zero-order valence-corrected chi connectivity index (χ0v) is 18.1. The van der Waals surface area contributed by atoms with E-state index in [4.69, 9.17) is 9.47 Å². The molecule has 2 aromatic heterocycles. The van der Waals surface area contributed by atoms with Crippen molar-refractivity contribution in [2.24, 2.45) is 0 Å². The molecule has 0 saturated carbocycles. The molecule has 4 heteroatoms. The highest BCUT2D eigenvalue weighted by Gasteiger charge is 2.07. The van der Waals surface area contributed by atoms with Crippen molar-refractivity contribution in [1.29, 1.82) is 0 Å². The predicted molar refractivity (Wildman–Crippen MR) is 131 cm³/mol. The van der Waals surface area contributed by atoms with Gasteiger partial charge in [0, 0.05) is 35.9 Å². The van der Waals surface area contributed by atoms with E-state index in [9.17, 15) is 0 Å². The largest absolute Gasteiger partial charge is 0.497 e. The molecule has 0 unspecified atom stereocenters. The molecule has 0 radical (unpaired) electrons. The van der Waals surface area contributed by atoms with E-state index in [1.807, 2.05) is 73.1 Å². The van der Waals surface area contributed by atoms with E-state index in [2.05, 4.69) is 34.3 Å². The van der Waals surface area contributed by atoms with Crippen LogP contribution in [0.15, 0.2) is 85.5 Å². The van der Waals surface area contributed by atoms with E-state index in [0.717, 1.165) is 44.9 Å². The van der Waals surface area contributed by atoms with Crippen LogP contribution in [0.5, 0.6) is 11.5 Å². The average molecular weight is 421 g/mol. The quantitative estimate of drug-likeness (QED) is 0.342. The third-order valence-electron chi connectivity index (χ3n) is 5.10. The molecule has 0 saturated heterocycles. The fourth-order valence-electron chi connectivity index (χ4n) is 3.41. The van der Waals surface area contributed by atoms with E-state index in [-0.39, 0.29) is 0 Å². The van der Waals surface area contributed by atoms with Crippen molar-refractivity contribution in [2.75, 3.05) is 14.2 Å². The topological polar surface area (TPSA) is 44.2 Å². The first-order valence-electron chi connectivity index (χ1n) is 10.3. The van der Waals surface area contributed by atoms with Gasteiger partial charge in [-0.25, -0.2) is 0 Å². The summed E-state index contributed by atoms with van der Waals surface area (Å²) in [6.45, 7) is 0. The Bertz CT molecular complexity index is 1160. The first kappa shape index (κ1) is 21.1. The fourth-order valence-corrected chi connectivity index (χ4v) is 3.41. The Morgan fingerprint density at radius 2 is 1.06 bits per heavy atom. The molecule has 2 aromatic carbocycles. The highest BCUT2D eigenvalue weighted by atomic mass is 16.5. The number of ether oxygens (including phenoxy) is 2. The molecule has 2 heterocycles. The number of nitrogens with zero attached hydrogens (tertiary/aromatic N) is 2. The Balaban J connectivity index is 1.68. The van der Waals surface area contributed by atoms with Crippen LogP contribution < -0.4 is 9.47 Å². The van der Waals surface area contributed by atoms with Gasteiger partial charge in [-0.1, -0.05) is 48.6 Å². The maximum absolute atomic E-state index is 5.33. The van der Waals surface area contributed by atoms with Crippen molar-refractivity contribution in [2.45, 2.75) is 0 Å². The maximum atomic E-state index is 5.33. The van der Waals surface area contributed by atoms with E-state index in [0.29, 0.717) is 0 Å². The Morgan fingerprint density at radius 1 is 0.594 bits per heavy atom. The molecule has 0 spiro atoms. The summed E-state index contributed by atoms with van der Waals surface area (Å²) < 4.78 is 10.7. The highest BCUT2D eigenvalue weighted by molar-refractivity contribution is 5.86. The lowest BCUT2D eigenvalue weighted by molar-refractivity contribution is 0.414. The van der Waals surface area contributed by atoms with Gasteiger partial charge in [0.2, 0.25) is 0 Å². The van der Waals surface area contributed by atoms with Crippen molar-refractivity contribution in [1.82, 2.24) is 9.97 Å². The van der Waals surface area contributed by atoms with Crippen LogP contribution in [-0.4, -0.2) is 24.2 Å². The second-order valence-corrected chi connectivity index (χ2v) is 7.15. The lowest BCUT2D eigenvalue weighted by atomic mass is 9.97. The van der Waals surface area contributed by atoms with Gasteiger partial charge in [-0.2, -0.15) is 0 Å². The molecule has 0 bridgehead atoms. The molecule has 0 fully saturated rings. The molecule has 4 nitrogen and oxygen atoms in total. The van der Waals surface area contributed by atoms with Gasteiger partial charge in [0.05, 0.1) is 14.2 Å². The zero-order chi connectivity index (χ0) is 22.2. The Labute approximate surface area is 188 Å². The van der Waals surface area contributed by atoms with Crippen LogP contribution in [0.2, 0.25) is 0 Å². The summed E-state index contributed by atoms with van der Waals surface area (Å²) in [6, 6.07) is 20.0. The summed E-state index contributed by atoms with van der Waals surface area (Å²) in [6.07, 6.45) is 15.7. The molecule has 4 aromatic rings. The number of benzene rings is 2. The highest BCUT2D eigenvalue weighted by Crippen LogP contribution is 2.29. The second-order valence-electron chi connectivity index (χ2n) is 7.15. The first-order valence-corrected chi connectivity index (χ1v) is 10.3. The summed E-state index contributed by atoms with van der Waals surface area (Å²) in [4.78, 5) is 8.73. The first-order chi connectivity index (χ1) is 15.8. The SMILES string of the molecule is COc1cccc(/C=C/c2ccncc2-c2cnccc2/C=C/c2cccc(OC)c2)c1. The lowest BCUT2D eigenvalue weighted by Gasteiger charge is -2.09. The van der Waals surface area contributed by atoms with Crippen LogP contribution in [0.4, 0.5) is 0 Å². The third kappa shape index (κ3) is 5.10. The average Bonchev–Trinajstić information content (AvgIpc) is 2.87. The van der Waals surface area contributed by atoms with E-state index in [1.165, 1.54) is 0 Å². The summed E-state index contributed by atoms with van der Waals surface area (Å²) in [5.41, 5.74) is 6.29. The van der Waals surface area contributed by atoms with Gasteiger partial charge in [0.15, 0.2) is 0 Å². The van der Waals surface area contributed by atoms with Gasteiger partial charge in [0.25, 0.3) is 0 Å². The molecule has 0 aliphatic rings. The number of rotatable bonds is 7. The van der Waals surface area contributed by atoms with Crippen LogP contribution in [-0.2, 0) is 0 Å². The number of pyridine rings is 2. The summed E-state index contributed by atoms with van der Waals surface area (Å²) in [7, 11) is 3.35. The zero-order valence-electron chi connectivity index (χ0n) is 18.1. The van der Waals surface area contributed by atoms with Gasteiger partial charge >= 0.3 is 0 Å². The minimum atomic E-state index is 0.833. The van der Waals surface area contributed by atoms with Crippen molar-refractivity contribution in [3.63, 3.8) is 0 Å². The Kier molecular flexibility index (Phi) is 6.73. The van der Waals surface area contributed by atoms with Crippen LogP contribution in [0.1, 0.15) is 22.3 Å². The summed E-state index contributed by atoms with van der Waals surface area (Å²) >= 11 is 0. The van der Waals surface area contributed by atoms with E-state index >= 15 is 0 Å². The van der Waals surface area contributed by atoms with Crippen molar-refractivity contribution in [3.8, 4) is 22.6 Å². The van der Waals surface area contributed by atoms with Crippen LogP contribution >= 0.6 is 0 Å². The molecule has 4 rings (SSSR count). The fraction of sp³-hybridized carbons (Fsp3) is 0.0714. The van der Waals surface area contributed by atoms with Gasteiger partial charge in [-0.15, -0.1) is 0 Å². The van der Waals surface area contributed by atoms with E-state index in [1.54, 1.807) is 26.6 Å². The molecule has 0 aliphatic heterocycles. The van der Waals surface area contributed by atoms with Gasteiger partial charge < -0.3 is 9.47 Å². The minimum absolute atomic E-state index is 0.833. The molecule has 0 atom stereocenters. The molecule has 0 N–H and O–H groups in total. The van der Waals surface area contributed by atoms with Crippen LogP contribution in [0, 0.1) is 0 Å². The normalized spacial score (nSPS) is 11.2. The summed E-state index contributed by atoms with van der Waals surface area (Å²) in [5, 5.41) is 0. The second kappa shape index (κ2) is 10.2. The van der Waals surface area contributed by atoms with Gasteiger partial charge in [-0.05, 0) is 58.7 Å². The van der Waals surface area contributed by atoms with Crippen molar-refractivity contribution < 1.29 is 9.47 Å². The Hall–Kier alpha value is -4.18. The van der Waals surface area contributed by atoms with Crippen molar-refractivity contribution in [3.05, 3.63) is 108 Å². The number of hydrogen-bond donors (Lipinski definition) is 0. The molecular formula is C28H24N2O2. The van der Waals surface area contributed by atoms with Crippen LogP contribution in [0.25, 0.3) is 35.4 Å². The van der Waals surface area contributed by atoms with Gasteiger partial charge in [0.1, 0.15) is 11.5 Å².